The first-order valence-electron chi connectivity index (χ1n) is 8.62. The van der Waals surface area contributed by atoms with E-state index < -0.39 is 0 Å². The number of aromatic nitrogens is 4. The number of rotatable bonds is 7. The van der Waals surface area contributed by atoms with Crippen molar-refractivity contribution in [1.29, 1.82) is 0 Å². The number of ether oxygens (including phenoxy) is 1. The van der Waals surface area contributed by atoms with Crippen LogP contribution >= 0.6 is 23.7 Å². The Morgan fingerprint density at radius 1 is 1.44 bits per heavy atom. The van der Waals surface area contributed by atoms with Crippen LogP contribution in [0.2, 0.25) is 0 Å². The van der Waals surface area contributed by atoms with Gasteiger partial charge in [0.2, 0.25) is 5.13 Å². The van der Waals surface area contributed by atoms with Crippen LogP contribution in [0.25, 0.3) is 0 Å². The van der Waals surface area contributed by atoms with Crippen molar-refractivity contribution in [1.82, 2.24) is 25.3 Å². The summed E-state index contributed by atoms with van der Waals surface area (Å²) in [5, 5.41) is 19.6. The van der Waals surface area contributed by atoms with E-state index in [0.29, 0.717) is 30.1 Å². The molecule has 27 heavy (non-hydrogen) atoms. The zero-order valence-electron chi connectivity index (χ0n) is 15.0. The molecule has 0 saturated carbocycles. The molecule has 148 valence electrons. The number of halogens is 1. The average molecular weight is 415 g/mol. The number of amides is 1. The van der Waals surface area contributed by atoms with E-state index in [9.17, 15) is 9.59 Å². The molecular formula is C16H23ClN6O3S. The summed E-state index contributed by atoms with van der Waals surface area (Å²) in [5.41, 5.74) is 0.359. The van der Waals surface area contributed by atoms with Gasteiger partial charge in [0.1, 0.15) is 5.01 Å². The van der Waals surface area contributed by atoms with Gasteiger partial charge < -0.3 is 10.1 Å². The summed E-state index contributed by atoms with van der Waals surface area (Å²) in [5.74, 6) is -0.545. The van der Waals surface area contributed by atoms with Crippen molar-refractivity contribution in [3.05, 3.63) is 23.0 Å². The normalized spacial score (nSPS) is 16.4. The maximum atomic E-state index is 12.3. The number of nitrogens with one attached hydrogen (secondary N) is 2. The van der Waals surface area contributed by atoms with E-state index in [1.165, 1.54) is 18.4 Å². The molecule has 3 rings (SSSR count). The molecule has 3 heterocycles. The zero-order valence-corrected chi connectivity index (χ0v) is 16.6. The number of hydrogen-bond acceptors (Lipinski definition) is 8. The van der Waals surface area contributed by atoms with E-state index in [4.69, 9.17) is 0 Å². The second kappa shape index (κ2) is 10.3. The van der Waals surface area contributed by atoms with Crippen molar-refractivity contribution in [3.8, 4) is 0 Å². The monoisotopic (exact) mass is 414 g/mol. The summed E-state index contributed by atoms with van der Waals surface area (Å²) < 4.78 is 6.45. The van der Waals surface area contributed by atoms with Gasteiger partial charge in [-0.3, -0.25) is 19.6 Å². The first-order valence-corrected chi connectivity index (χ1v) is 9.44. The number of hydrogen-bond donors (Lipinski definition) is 2. The second-order valence-corrected chi connectivity index (χ2v) is 7.13. The fourth-order valence-electron chi connectivity index (χ4n) is 2.77. The lowest BCUT2D eigenvalue weighted by Gasteiger charge is -2.22. The Morgan fingerprint density at radius 2 is 2.30 bits per heavy atom. The zero-order chi connectivity index (χ0) is 18.4. The fraction of sp³-hybridized carbons (Fsp3) is 0.562. The molecule has 1 atom stereocenters. The van der Waals surface area contributed by atoms with E-state index in [2.05, 4.69) is 30.7 Å². The topological polar surface area (TPSA) is 111 Å². The molecule has 1 aliphatic heterocycles. The number of piperidine rings is 1. The van der Waals surface area contributed by atoms with E-state index in [1.54, 1.807) is 6.07 Å². The van der Waals surface area contributed by atoms with Crippen molar-refractivity contribution in [3.63, 3.8) is 0 Å². The predicted molar refractivity (Wildman–Crippen MR) is 103 cm³/mol. The predicted octanol–water partition coefficient (Wildman–Crippen LogP) is 1.83. The Labute approximate surface area is 167 Å². The highest BCUT2D eigenvalue weighted by atomic mass is 35.5. The van der Waals surface area contributed by atoms with Crippen molar-refractivity contribution < 1.29 is 14.3 Å². The molecule has 1 fully saturated rings. The number of carbonyl (C=O) groups excluding carboxylic acids is 2. The fourth-order valence-corrected chi connectivity index (χ4v) is 3.55. The molecule has 0 aliphatic carbocycles. The van der Waals surface area contributed by atoms with Crippen LogP contribution in [0, 0.1) is 0 Å². The molecule has 0 spiro atoms. The third-order valence-electron chi connectivity index (χ3n) is 4.17. The molecule has 2 aromatic heterocycles. The number of aryl methyl sites for hydroxylation is 1. The molecule has 11 heteroatoms. The van der Waals surface area contributed by atoms with Crippen LogP contribution in [0.4, 0.5) is 5.13 Å². The van der Waals surface area contributed by atoms with Crippen LogP contribution in [0.15, 0.2) is 12.3 Å². The third-order valence-corrected chi connectivity index (χ3v) is 5.07. The maximum Gasteiger partial charge on any atom is 0.305 e. The van der Waals surface area contributed by atoms with Gasteiger partial charge in [-0.25, -0.2) is 0 Å². The molecule has 2 N–H and O–H groups in total. The number of methoxy groups -OCH3 is 1. The van der Waals surface area contributed by atoms with Crippen molar-refractivity contribution in [2.45, 2.75) is 38.1 Å². The number of carbonyl (C=O) groups is 2. The highest BCUT2D eigenvalue weighted by Crippen LogP contribution is 2.19. The van der Waals surface area contributed by atoms with Crippen LogP contribution < -0.4 is 10.6 Å². The summed E-state index contributed by atoms with van der Waals surface area (Å²) in [7, 11) is 1.37. The van der Waals surface area contributed by atoms with Gasteiger partial charge in [0, 0.05) is 25.6 Å². The van der Waals surface area contributed by atoms with E-state index >= 15 is 0 Å². The number of esters is 1. The van der Waals surface area contributed by atoms with Gasteiger partial charge in [-0.05, 0) is 31.9 Å². The average Bonchev–Trinajstić information content (AvgIpc) is 3.32. The van der Waals surface area contributed by atoms with Gasteiger partial charge in [0.05, 0.1) is 13.2 Å². The molecule has 0 bridgehead atoms. The summed E-state index contributed by atoms with van der Waals surface area (Å²) in [6.07, 6.45) is 5.59. The molecule has 0 aromatic carbocycles. The minimum Gasteiger partial charge on any atom is -0.469 e. The summed E-state index contributed by atoms with van der Waals surface area (Å²) in [4.78, 5) is 23.4. The first kappa shape index (κ1) is 21.3. The molecule has 1 saturated heterocycles. The van der Waals surface area contributed by atoms with Crippen LogP contribution in [-0.2, 0) is 16.0 Å². The van der Waals surface area contributed by atoms with Crippen molar-refractivity contribution in [2.75, 3.05) is 25.5 Å². The Hall–Kier alpha value is -2.04. The van der Waals surface area contributed by atoms with Crippen molar-refractivity contribution >= 4 is 40.8 Å². The molecule has 2 aromatic rings. The number of anilines is 1. The Bertz CT molecular complexity index is 759. The largest absolute Gasteiger partial charge is 0.469 e. The smallest absolute Gasteiger partial charge is 0.305 e. The molecular weight excluding hydrogens is 392 g/mol. The molecule has 0 radical (unpaired) electrons. The van der Waals surface area contributed by atoms with Crippen LogP contribution in [0.1, 0.15) is 47.2 Å². The minimum absolute atomic E-state index is 0. The highest BCUT2D eigenvalue weighted by Gasteiger charge is 2.18. The summed E-state index contributed by atoms with van der Waals surface area (Å²) >= 11 is 1.30. The lowest BCUT2D eigenvalue weighted by Crippen LogP contribution is -2.32. The first-order chi connectivity index (χ1) is 12.7. The quantitative estimate of drug-likeness (QED) is 0.664. The molecule has 1 amide bonds. The third kappa shape index (κ3) is 5.98. The Kier molecular flexibility index (Phi) is 8.14. The van der Waals surface area contributed by atoms with Crippen molar-refractivity contribution in [2.24, 2.45) is 0 Å². The summed E-state index contributed by atoms with van der Waals surface area (Å²) in [6, 6.07) is 2.00. The van der Waals surface area contributed by atoms with Crippen LogP contribution in [0.3, 0.4) is 0 Å². The molecule has 9 nitrogen and oxygen atoms in total. The van der Waals surface area contributed by atoms with Crippen LogP contribution in [-0.4, -0.2) is 52.1 Å². The lowest BCUT2D eigenvalue weighted by atomic mass is 10.1. The second-order valence-electron chi connectivity index (χ2n) is 6.07. The lowest BCUT2D eigenvalue weighted by molar-refractivity contribution is -0.140. The van der Waals surface area contributed by atoms with Gasteiger partial charge in [-0.1, -0.05) is 11.3 Å². The van der Waals surface area contributed by atoms with E-state index in [1.807, 2.05) is 10.9 Å². The maximum absolute atomic E-state index is 12.3. The Morgan fingerprint density at radius 3 is 3.04 bits per heavy atom. The Balaban J connectivity index is 0.00000261. The minimum atomic E-state index is -0.301. The molecule has 1 unspecified atom stereocenters. The van der Waals surface area contributed by atoms with Gasteiger partial charge in [-0.2, -0.15) is 5.10 Å². The van der Waals surface area contributed by atoms with Gasteiger partial charge in [0.25, 0.3) is 5.91 Å². The van der Waals surface area contributed by atoms with Crippen LogP contribution in [0.5, 0.6) is 0 Å². The molecule has 1 aliphatic rings. The SMILES string of the molecule is COC(=O)CCCc1nnc(NC(=O)c2ccn(C3CCCNC3)n2)s1.Cl. The van der Waals surface area contributed by atoms with Gasteiger partial charge in [0.15, 0.2) is 5.69 Å². The van der Waals surface area contributed by atoms with E-state index in [-0.39, 0.29) is 30.3 Å². The van der Waals surface area contributed by atoms with Gasteiger partial charge >= 0.3 is 5.97 Å². The van der Waals surface area contributed by atoms with E-state index in [0.717, 1.165) is 30.9 Å². The highest BCUT2D eigenvalue weighted by molar-refractivity contribution is 7.15. The van der Waals surface area contributed by atoms with Gasteiger partial charge in [-0.15, -0.1) is 22.6 Å². The summed E-state index contributed by atoms with van der Waals surface area (Å²) in [6.45, 7) is 1.90. The standard InChI is InChI=1S/C16H22N6O3S.ClH/c1-25-14(23)6-2-5-13-19-20-16(26-13)18-15(24)12-7-9-22(21-12)11-4-3-8-17-10-11;/h7,9,11,17H,2-6,8,10H2,1H3,(H,18,20,24);1H. The number of nitrogens with zero attached hydrogens (tertiary/aromatic N) is 4.